The van der Waals surface area contributed by atoms with Crippen molar-refractivity contribution < 1.29 is 28.2 Å². The largest absolute Gasteiger partial charge is 0.508 e. The van der Waals surface area contributed by atoms with Gasteiger partial charge in [-0.1, -0.05) is 18.2 Å². The van der Waals surface area contributed by atoms with Gasteiger partial charge in [0.15, 0.2) is 0 Å². The minimum atomic E-state index is -4.52. The molecule has 4 aromatic rings. The molecule has 158 valence electrons. The first-order valence-corrected chi connectivity index (χ1v) is 9.17. The van der Waals surface area contributed by atoms with Crippen LogP contribution in [0, 0.1) is 0 Å². The number of aromatic carboxylic acids is 1. The first-order chi connectivity index (χ1) is 14.7. The highest BCUT2D eigenvalue weighted by Crippen LogP contribution is 2.34. The Bertz CT molecular complexity index is 1260. The lowest BCUT2D eigenvalue weighted by Crippen LogP contribution is -2.12. The molecule has 0 amide bonds. The average Bonchev–Trinajstić information content (AvgIpc) is 3.05. The first-order valence-electron chi connectivity index (χ1n) is 9.17. The molecule has 1 heterocycles. The van der Waals surface area contributed by atoms with Crippen LogP contribution < -0.4 is 5.32 Å². The Hall–Kier alpha value is -4.01. The number of phenols is 1. The van der Waals surface area contributed by atoms with Gasteiger partial charge in [0, 0.05) is 5.69 Å². The number of hydrogen-bond donors (Lipinski definition) is 3. The topological polar surface area (TPSA) is 87.4 Å². The summed E-state index contributed by atoms with van der Waals surface area (Å²) >= 11 is 0. The molecular weight excluding hydrogens is 411 g/mol. The van der Waals surface area contributed by atoms with Crippen LogP contribution in [0.5, 0.6) is 5.75 Å². The summed E-state index contributed by atoms with van der Waals surface area (Å²) in [5, 5.41) is 21.7. The van der Waals surface area contributed by atoms with Crippen LogP contribution in [0.1, 0.15) is 21.5 Å². The Morgan fingerprint density at radius 2 is 1.74 bits per heavy atom. The maximum absolute atomic E-state index is 13.5. The first kappa shape index (κ1) is 20.3. The lowest BCUT2D eigenvalue weighted by Gasteiger charge is -2.16. The van der Waals surface area contributed by atoms with Gasteiger partial charge in [0.1, 0.15) is 5.75 Å². The zero-order valence-electron chi connectivity index (χ0n) is 15.9. The Balaban J connectivity index is 1.84. The SMILES string of the molecule is O=C(O)c1ccc2c(c1)nc(Nc1ccc(O)cc1)n2Cc1ccccc1C(F)(F)F. The molecule has 0 spiro atoms. The third-order valence-corrected chi connectivity index (χ3v) is 4.77. The van der Waals surface area contributed by atoms with Gasteiger partial charge >= 0.3 is 12.1 Å². The van der Waals surface area contributed by atoms with Crippen molar-refractivity contribution in [1.82, 2.24) is 9.55 Å². The van der Waals surface area contributed by atoms with Crippen LogP contribution in [0.25, 0.3) is 11.0 Å². The summed E-state index contributed by atoms with van der Waals surface area (Å²) in [4.78, 5) is 15.7. The van der Waals surface area contributed by atoms with Crippen molar-refractivity contribution in [3.8, 4) is 5.75 Å². The summed E-state index contributed by atoms with van der Waals surface area (Å²) in [6.45, 7) is -0.140. The van der Waals surface area contributed by atoms with E-state index in [2.05, 4.69) is 10.3 Å². The fraction of sp³-hybridized carbons (Fsp3) is 0.0909. The molecule has 0 unspecified atom stereocenters. The monoisotopic (exact) mass is 427 g/mol. The predicted molar refractivity (Wildman–Crippen MR) is 109 cm³/mol. The summed E-state index contributed by atoms with van der Waals surface area (Å²) in [7, 11) is 0. The van der Waals surface area contributed by atoms with Crippen LogP contribution in [-0.4, -0.2) is 25.7 Å². The number of alkyl halides is 3. The van der Waals surface area contributed by atoms with Crippen LogP contribution >= 0.6 is 0 Å². The quantitative estimate of drug-likeness (QED) is 0.379. The van der Waals surface area contributed by atoms with Crippen molar-refractivity contribution in [1.29, 1.82) is 0 Å². The van der Waals surface area contributed by atoms with Gasteiger partial charge in [0.25, 0.3) is 0 Å². The predicted octanol–water partition coefficient (Wildman–Crippen LogP) is 5.25. The van der Waals surface area contributed by atoms with Crippen molar-refractivity contribution in [3.05, 3.63) is 83.4 Å². The van der Waals surface area contributed by atoms with Crippen molar-refractivity contribution >= 4 is 28.6 Å². The van der Waals surface area contributed by atoms with Gasteiger partial charge in [-0.3, -0.25) is 0 Å². The molecular formula is C22H16F3N3O3. The van der Waals surface area contributed by atoms with Crippen LogP contribution in [0.3, 0.4) is 0 Å². The van der Waals surface area contributed by atoms with E-state index >= 15 is 0 Å². The molecule has 0 aliphatic rings. The van der Waals surface area contributed by atoms with E-state index in [9.17, 15) is 28.2 Å². The number of rotatable bonds is 5. The normalized spacial score (nSPS) is 11.6. The van der Waals surface area contributed by atoms with Gasteiger partial charge in [-0.05, 0) is 54.1 Å². The second-order valence-corrected chi connectivity index (χ2v) is 6.86. The van der Waals surface area contributed by atoms with E-state index in [0.29, 0.717) is 16.7 Å². The molecule has 4 rings (SSSR count). The van der Waals surface area contributed by atoms with Crippen molar-refractivity contribution in [2.24, 2.45) is 0 Å². The van der Waals surface area contributed by atoms with E-state index in [1.807, 2.05) is 0 Å². The molecule has 1 aromatic heterocycles. The highest BCUT2D eigenvalue weighted by Gasteiger charge is 2.33. The number of nitrogens with zero attached hydrogens (tertiary/aromatic N) is 2. The van der Waals surface area contributed by atoms with Crippen molar-refractivity contribution in [2.75, 3.05) is 5.32 Å². The number of aromatic nitrogens is 2. The number of nitrogens with one attached hydrogen (secondary N) is 1. The summed E-state index contributed by atoms with van der Waals surface area (Å²) in [5.41, 5.74) is 0.662. The van der Waals surface area contributed by atoms with E-state index in [0.717, 1.165) is 6.07 Å². The molecule has 9 heteroatoms. The molecule has 0 bridgehead atoms. The summed E-state index contributed by atoms with van der Waals surface area (Å²) < 4.78 is 42.0. The number of benzene rings is 3. The maximum atomic E-state index is 13.5. The second-order valence-electron chi connectivity index (χ2n) is 6.86. The van der Waals surface area contributed by atoms with Gasteiger partial charge in [-0.15, -0.1) is 0 Å². The number of aromatic hydroxyl groups is 1. The van der Waals surface area contributed by atoms with E-state index in [1.165, 1.54) is 48.5 Å². The minimum absolute atomic E-state index is 0.0176. The Kier molecular flexibility index (Phi) is 5.02. The summed E-state index contributed by atoms with van der Waals surface area (Å²) in [6.07, 6.45) is -4.52. The Morgan fingerprint density at radius 1 is 1.03 bits per heavy atom. The van der Waals surface area contributed by atoms with Gasteiger partial charge in [-0.25, -0.2) is 9.78 Å². The van der Waals surface area contributed by atoms with Crippen molar-refractivity contribution in [3.63, 3.8) is 0 Å². The number of halogens is 3. The number of imidazole rings is 1. The van der Waals surface area contributed by atoms with Crippen molar-refractivity contribution in [2.45, 2.75) is 12.7 Å². The highest BCUT2D eigenvalue weighted by atomic mass is 19.4. The zero-order chi connectivity index (χ0) is 22.2. The maximum Gasteiger partial charge on any atom is 0.416 e. The number of phenolic OH excluding ortho intramolecular Hbond substituents is 1. The number of hydrogen-bond acceptors (Lipinski definition) is 4. The number of carboxylic acid groups (broad SMARTS) is 1. The fourth-order valence-electron chi connectivity index (χ4n) is 3.30. The third-order valence-electron chi connectivity index (χ3n) is 4.77. The number of anilines is 2. The second kappa shape index (κ2) is 7.67. The van der Waals surface area contributed by atoms with Crippen LogP contribution in [0.4, 0.5) is 24.8 Å². The molecule has 3 N–H and O–H groups in total. The third kappa shape index (κ3) is 4.16. The molecule has 3 aromatic carbocycles. The standard InChI is InChI=1S/C22H16F3N3O3/c23-22(24,25)17-4-2-1-3-14(17)12-28-19-10-5-13(20(30)31)11-18(19)27-21(28)26-15-6-8-16(29)9-7-15/h1-11,29H,12H2,(H,26,27)(H,30,31). The number of fused-ring (bicyclic) bond motifs is 1. The van der Waals surface area contributed by atoms with Gasteiger partial charge in [-0.2, -0.15) is 13.2 Å². The van der Waals surface area contributed by atoms with Crippen LogP contribution in [0.2, 0.25) is 0 Å². The highest BCUT2D eigenvalue weighted by molar-refractivity contribution is 5.93. The molecule has 0 atom stereocenters. The number of carboxylic acids is 1. The molecule has 0 aliphatic carbocycles. The minimum Gasteiger partial charge on any atom is -0.508 e. The smallest absolute Gasteiger partial charge is 0.416 e. The summed E-state index contributed by atoms with van der Waals surface area (Å²) in [6, 6.07) is 15.6. The van der Waals surface area contributed by atoms with E-state index in [1.54, 1.807) is 16.7 Å². The average molecular weight is 427 g/mol. The van der Waals surface area contributed by atoms with E-state index < -0.39 is 17.7 Å². The van der Waals surface area contributed by atoms with Gasteiger partial charge in [0.2, 0.25) is 5.95 Å². The summed E-state index contributed by atoms with van der Waals surface area (Å²) in [5.74, 6) is -0.837. The molecule has 0 aliphatic heterocycles. The van der Waals surface area contributed by atoms with Gasteiger partial charge in [0.05, 0.1) is 28.7 Å². The number of carbonyl (C=O) groups is 1. The molecule has 6 nitrogen and oxygen atoms in total. The Labute approximate surface area is 174 Å². The van der Waals surface area contributed by atoms with E-state index in [-0.39, 0.29) is 29.4 Å². The van der Waals surface area contributed by atoms with Gasteiger partial charge < -0.3 is 20.1 Å². The lowest BCUT2D eigenvalue weighted by molar-refractivity contribution is -0.138. The lowest BCUT2D eigenvalue weighted by atomic mass is 10.1. The zero-order valence-corrected chi connectivity index (χ0v) is 15.9. The van der Waals surface area contributed by atoms with Crippen LogP contribution in [0.15, 0.2) is 66.7 Å². The molecule has 0 saturated carbocycles. The molecule has 0 fully saturated rings. The molecule has 31 heavy (non-hydrogen) atoms. The molecule has 0 saturated heterocycles. The fourth-order valence-corrected chi connectivity index (χ4v) is 3.30. The van der Waals surface area contributed by atoms with Crippen LogP contribution in [-0.2, 0) is 12.7 Å². The van der Waals surface area contributed by atoms with E-state index in [4.69, 9.17) is 0 Å². The molecule has 0 radical (unpaired) electrons. The Morgan fingerprint density at radius 3 is 2.42 bits per heavy atom.